The molecule has 9 heteroatoms. The number of carbonyl (C=O) groups excluding carboxylic acids is 1. The van der Waals surface area contributed by atoms with Crippen LogP contribution >= 0.6 is 0 Å². The van der Waals surface area contributed by atoms with Crippen LogP contribution in [0.5, 0.6) is 5.75 Å². The van der Waals surface area contributed by atoms with Gasteiger partial charge in [0.1, 0.15) is 28.4 Å². The Hall–Kier alpha value is -5.18. The average molecular weight is 537 g/mol. The molecule has 0 saturated carbocycles. The van der Waals surface area contributed by atoms with E-state index < -0.39 is 0 Å². The number of ether oxygens (including phenoxy) is 1. The van der Waals surface area contributed by atoms with Crippen molar-refractivity contribution >= 4 is 33.8 Å². The number of nitrogens with zero attached hydrogens (tertiary/aromatic N) is 3. The van der Waals surface area contributed by atoms with Crippen LogP contribution in [0.25, 0.3) is 56.1 Å². The molecule has 0 aliphatic rings. The molecule has 0 bridgehead atoms. The maximum absolute atomic E-state index is 13.6. The smallest absolute Gasteiger partial charge is 0.255 e. The summed E-state index contributed by atoms with van der Waals surface area (Å²) in [5, 5.41) is 3.34. The van der Waals surface area contributed by atoms with Gasteiger partial charge in [0.2, 0.25) is 11.6 Å². The Morgan fingerprint density at radius 2 is 1.75 bits per heavy atom. The minimum Gasteiger partial charge on any atom is -0.496 e. The predicted molar refractivity (Wildman–Crippen MR) is 152 cm³/mol. The molecule has 1 amide bonds. The average Bonchev–Trinajstić information content (AvgIpc) is 3.57. The van der Waals surface area contributed by atoms with Crippen LogP contribution in [0.4, 0.5) is 10.1 Å². The van der Waals surface area contributed by atoms with Crippen LogP contribution in [-0.2, 0) is 0 Å². The topological polar surface area (TPSA) is 93.6 Å². The Morgan fingerprint density at radius 1 is 0.975 bits per heavy atom. The van der Waals surface area contributed by atoms with Crippen molar-refractivity contribution in [2.75, 3.05) is 33.2 Å². The second-order valence-electron chi connectivity index (χ2n) is 9.41. The number of hydrogen-bond donors (Lipinski definition) is 1. The number of fused-ring (bicyclic) bond motifs is 2. The number of anilines is 1. The molecule has 3 aromatic heterocycles. The Bertz CT molecular complexity index is 1860. The van der Waals surface area contributed by atoms with Gasteiger partial charge in [-0.1, -0.05) is 6.07 Å². The maximum atomic E-state index is 13.6. The van der Waals surface area contributed by atoms with Crippen LogP contribution in [0.15, 0.2) is 81.8 Å². The molecule has 6 rings (SSSR count). The molecule has 40 heavy (non-hydrogen) atoms. The van der Waals surface area contributed by atoms with E-state index in [1.54, 1.807) is 38.6 Å². The van der Waals surface area contributed by atoms with Gasteiger partial charge in [0.05, 0.1) is 18.2 Å². The number of amides is 1. The minimum atomic E-state index is -0.372. The lowest BCUT2D eigenvalue weighted by atomic mass is 9.96. The summed E-state index contributed by atoms with van der Waals surface area (Å²) in [7, 11) is 7.03. The summed E-state index contributed by atoms with van der Waals surface area (Å²) < 4.78 is 31.5. The van der Waals surface area contributed by atoms with E-state index in [-0.39, 0.29) is 11.7 Å². The van der Waals surface area contributed by atoms with Gasteiger partial charge < -0.3 is 23.8 Å². The first-order valence-electron chi connectivity index (χ1n) is 12.5. The van der Waals surface area contributed by atoms with E-state index in [9.17, 15) is 9.18 Å². The number of oxazole rings is 1. The van der Waals surface area contributed by atoms with Crippen molar-refractivity contribution in [3.8, 4) is 39.7 Å². The van der Waals surface area contributed by atoms with Crippen molar-refractivity contribution in [3.05, 3.63) is 84.3 Å². The van der Waals surface area contributed by atoms with E-state index in [1.807, 2.05) is 55.4 Å². The molecule has 0 saturated heterocycles. The number of furan rings is 1. The van der Waals surface area contributed by atoms with Gasteiger partial charge >= 0.3 is 0 Å². The third-order valence-electron chi connectivity index (χ3n) is 6.76. The van der Waals surface area contributed by atoms with Gasteiger partial charge in [-0.2, -0.15) is 0 Å². The van der Waals surface area contributed by atoms with Gasteiger partial charge in [0.15, 0.2) is 0 Å². The van der Waals surface area contributed by atoms with E-state index in [0.717, 1.165) is 16.8 Å². The first kappa shape index (κ1) is 25.1. The Balaban J connectivity index is 1.59. The molecule has 200 valence electrons. The quantitative estimate of drug-likeness (QED) is 0.258. The van der Waals surface area contributed by atoms with Crippen molar-refractivity contribution in [2.45, 2.75) is 0 Å². The number of hydrogen-bond acceptors (Lipinski definition) is 7. The minimum absolute atomic E-state index is 0.309. The van der Waals surface area contributed by atoms with Crippen molar-refractivity contribution in [3.63, 3.8) is 0 Å². The van der Waals surface area contributed by atoms with Crippen LogP contribution in [-0.4, -0.2) is 44.1 Å². The molecule has 0 spiro atoms. The lowest BCUT2D eigenvalue weighted by Crippen LogP contribution is -2.18. The molecule has 3 aromatic carbocycles. The molecule has 8 nitrogen and oxygen atoms in total. The highest BCUT2D eigenvalue weighted by Crippen LogP contribution is 2.42. The molecule has 1 N–H and O–H groups in total. The SMILES string of the molecule is CNC(=O)c1c(-c2ccc(F)cc2)oc2cc(N(C)C)c(-c3ccc(OC)c(-c4nc5cccnc5o4)c3)cc12. The zero-order valence-corrected chi connectivity index (χ0v) is 22.3. The summed E-state index contributed by atoms with van der Waals surface area (Å²) in [5.74, 6) is 0.661. The molecular formula is C31H25FN4O4. The highest BCUT2D eigenvalue weighted by Gasteiger charge is 2.24. The van der Waals surface area contributed by atoms with E-state index in [0.29, 0.717) is 56.3 Å². The van der Waals surface area contributed by atoms with Gasteiger partial charge in [-0.25, -0.2) is 14.4 Å². The molecular weight excluding hydrogens is 511 g/mol. The zero-order valence-electron chi connectivity index (χ0n) is 22.3. The third-order valence-corrected chi connectivity index (χ3v) is 6.76. The molecule has 6 aromatic rings. The number of rotatable bonds is 6. The molecule has 0 radical (unpaired) electrons. The van der Waals surface area contributed by atoms with Gasteiger partial charge in [-0.05, 0) is 60.2 Å². The summed E-state index contributed by atoms with van der Waals surface area (Å²) in [6, 6.07) is 19.1. The Labute approximate surface area is 229 Å². The van der Waals surface area contributed by atoms with Crippen molar-refractivity contribution in [2.24, 2.45) is 0 Å². The number of pyridine rings is 1. The molecule has 0 aliphatic carbocycles. The van der Waals surface area contributed by atoms with Crippen LogP contribution < -0.4 is 15.0 Å². The van der Waals surface area contributed by atoms with Gasteiger partial charge in [-0.3, -0.25) is 4.79 Å². The van der Waals surface area contributed by atoms with Crippen LogP contribution in [0.2, 0.25) is 0 Å². The van der Waals surface area contributed by atoms with Gasteiger partial charge in [0.25, 0.3) is 5.91 Å². The van der Waals surface area contributed by atoms with E-state index >= 15 is 0 Å². The van der Waals surface area contributed by atoms with E-state index in [4.69, 9.17) is 13.6 Å². The number of carbonyl (C=O) groups is 1. The fraction of sp³-hybridized carbons (Fsp3) is 0.129. The predicted octanol–water partition coefficient (Wildman–Crippen LogP) is 6.54. The normalized spacial score (nSPS) is 11.2. The second-order valence-corrected chi connectivity index (χ2v) is 9.41. The standard InChI is InChI=1S/C31H25FN4O4/c1-33-29(37)27-21-15-20(24(36(2)3)16-26(21)39-28(27)17-7-10-19(32)11-8-17)18-9-12-25(38-4)22(14-18)30-35-23-6-5-13-34-31(23)40-30/h5-16H,1-4H3,(H,33,37). The van der Waals surface area contributed by atoms with Crippen molar-refractivity contribution in [1.29, 1.82) is 0 Å². The first-order chi connectivity index (χ1) is 19.4. The summed E-state index contributed by atoms with van der Waals surface area (Å²) in [6.45, 7) is 0. The lowest BCUT2D eigenvalue weighted by Gasteiger charge is -2.19. The largest absolute Gasteiger partial charge is 0.496 e. The second kappa shape index (κ2) is 9.85. The Kier molecular flexibility index (Phi) is 6.18. The van der Waals surface area contributed by atoms with Crippen LogP contribution in [0.3, 0.4) is 0 Å². The summed E-state index contributed by atoms with van der Waals surface area (Å²) in [5.41, 5.74) is 5.80. The van der Waals surface area contributed by atoms with Gasteiger partial charge in [0, 0.05) is 55.6 Å². The van der Waals surface area contributed by atoms with Crippen molar-refractivity contribution in [1.82, 2.24) is 15.3 Å². The summed E-state index contributed by atoms with van der Waals surface area (Å²) in [6.07, 6.45) is 1.65. The Morgan fingerprint density at radius 3 is 2.45 bits per heavy atom. The third kappa shape index (κ3) is 4.21. The highest BCUT2D eigenvalue weighted by molar-refractivity contribution is 6.13. The molecule has 0 unspecified atom stereocenters. The number of nitrogens with one attached hydrogen (secondary N) is 1. The van der Waals surface area contributed by atoms with Crippen molar-refractivity contribution < 1.29 is 22.8 Å². The van der Waals surface area contributed by atoms with E-state index in [1.165, 1.54) is 12.1 Å². The monoisotopic (exact) mass is 536 g/mol. The number of benzene rings is 3. The molecule has 0 fully saturated rings. The number of methoxy groups -OCH3 is 1. The number of halogens is 1. The lowest BCUT2D eigenvalue weighted by molar-refractivity contribution is 0.0964. The fourth-order valence-electron chi connectivity index (χ4n) is 4.82. The molecule has 0 aliphatic heterocycles. The highest BCUT2D eigenvalue weighted by atomic mass is 19.1. The van der Waals surface area contributed by atoms with Crippen LogP contribution in [0.1, 0.15) is 10.4 Å². The molecule has 0 atom stereocenters. The number of aromatic nitrogens is 2. The summed E-state index contributed by atoms with van der Waals surface area (Å²) >= 11 is 0. The maximum Gasteiger partial charge on any atom is 0.255 e. The summed E-state index contributed by atoms with van der Waals surface area (Å²) in [4.78, 5) is 24.0. The fourth-order valence-corrected chi connectivity index (χ4v) is 4.82. The van der Waals surface area contributed by atoms with E-state index in [2.05, 4.69) is 15.3 Å². The first-order valence-corrected chi connectivity index (χ1v) is 12.5. The van der Waals surface area contributed by atoms with Crippen LogP contribution in [0, 0.1) is 5.82 Å². The zero-order chi connectivity index (χ0) is 28.0. The molecule has 3 heterocycles. The van der Waals surface area contributed by atoms with Gasteiger partial charge in [-0.15, -0.1) is 0 Å².